The summed E-state index contributed by atoms with van der Waals surface area (Å²) in [5.41, 5.74) is 0.798. The molecule has 0 fully saturated rings. The molecule has 0 aliphatic carbocycles. The smallest absolute Gasteiger partial charge is 0.410 e. The van der Waals surface area contributed by atoms with Gasteiger partial charge >= 0.3 is 12.2 Å². The Kier molecular flexibility index (Phi) is 18.3. The Hall–Kier alpha value is -5.67. The van der Waals surface area contributed by atoms with Crippen LogP contribution in [0.15, 0.2) is 60.7 Å². The van der Waals surface area contributed by atoms with Gasteiger partial charge in [-0.25, -0.2) is 9.59 Å². The van der Waals surface area contributed by atoms with Crippen LogP contribution < -0.4 is 31.9 Å². The molecular weight excluding hydrogens is 686 g/mol. The molecule has 0 spiro atoms. The van der Waals surface area contributed by atoms with E-state index in [1.807, 2.05) is 50.2 Å². The first-order valence-electron chi connectivity index (χ1n) is 17.4. The topological polar surface area (TPSA) is 213 Å². The molecule has 2 unspecified atom stereocenters. The van der Waals surface area contributed by atoms with Gasteiger partial charge in [-0.05, 0) is 44.2 Å². The van der Waals surface area contributed by atoms with Gasteiger partial charge in [0, 0.05) is 26.6 Å². The molecule has 7 amide bonds. The monoisotopic (exact) mass is 739 g/mol. The van der Waals surface area contributed by atoms with Crippen molar-refractivity contribution in [1.82, 2.24) is 36.8 Å². The summed E-state index contributed by atoms with van der Waals surface area (Å²) in [5.74, 6) is -2.88. The highest BCUT2D eigenvalue weighted by Crippen LogP contribution is 2.09. The van der Waals surface area contributed by atoms with Crippen LogP contribution in [0.5, 0.6) is 0 Å². The molecule has 6 N–H and O–H groups in total. The van der Waals surface area contributed by atoms with Gasteiger partial charge in [-0.2, -0.15) is 0 Å². The third-order valence-electron chi connectivity index (χ3n) is 7.16. The molecule has 16 heteroatoms. The Morgan fingerprint density at radius 2 is 1.25 bits per heavy atom. The van der Waals surface area contributed by atoms with Crippen LogP contribution in [0.25, 0.3) is 0 Å². The van der Waals surface area contributed by atoms with Crippen molar-refractivity contribution < 1.29 is 43.0 Å². The number of hydrogen-bond donors (Lipinski definition) is 6. The highest BCUT2D eigenvalue weighted by Gasteiger charge is 2.28. The number of ether oxygens (including phenoxy) is 2. The van der Waals surface area contributed by atoms with E-state index in [0.29, 0.717) is 0 Å². The van der Waals surface area contributed by atoms with Crippen LogP contribution in [0.1, 0.15) is 52.2 Å². The Labute approximate surface area is 310 Å². The van der Waals surface area contributed by atoms with Crippen LogP contribution in [0.3, 0.4) is 0 Å². The van der Waals surface area contributed by atoms with E-state index in [9.17, 15) is 33.6 Å². The lowest BCUT2D eigenvalue weighted by Gasteiger charge is -2.24. The van der Waals surface area contributed by atoms with Gasteiger partial charge in [0.1, 0.15) is 37.4 Å². The zero-order chi connectivity index (χ0) is 39.4. The van der Waals surface area contributed by atoms with Crippen molar-refractivity contribution in [2.75, 3.05) is 39.8 Å². The molecule has 0 bridgehead atoms. The van der Waals surface area contributed by atoms with Gasteiger partial charge in [0.2, 0.25) is 29.5 Å². The van der Waals surface area contributed by atoms with Crippen molar-refractivity contribution in [3.8, 4) is 0 Å². The predicted molar refractivity (Wildman–Crippen MR) is 196 cm³/mol. The number of hydrogen-bond acceptors (Lipinski definition) is 9. The summed E-state index contributed by atoms with van der Waals surface area (Å²) < 4.78 is 10.3. The summed E-state index contributed by atoms with van der Waals surface area (Å²) in [5, 5.41) is 15.4. The molecule has 0 saturated carbocycles. The van der Waals surface area contributed by atoms with Crippen molar-refractivity contribution in [3.05, 3.63) is 71.8 Å². The molecule has 53 heavy (non-hydrogen) atoms. The maximum Gasteiger partial charge on any atom is 0.410 e. The summed E-state index contributed by atoms with van der Waals surface area (Å²) in [6, 6.07) is 16.0. The summed E-state index contributed by atoms with van der Waals surface area (Å²) in [6.45, 7) is 7.89. The molecule has 0 aliphatic heterocycles. The second kappa shape index (κ2) is 22.3. The van der Waals surface area contributed by atoms with Gasteiger partial charge in [0.15, 0.2) is 0 Å². The fourth-order valence-electron chi connectivity index (χ4n) is 4.67. The van der Waals surface area contributed by atoms with Gasteiger partial charge in [-0.3, -0.25) is 24.0 Å². The number of amides is 7. The number of likely N-dealkylation sites (N-methyl/N-ethyl adjacent to an activating group) is 1. The number of rotatable bonds is 19. The molecule has 0 saturated heterocycles. The molecule has 0 heterocycles. The van der Waals surface area contributed by atoms with Crippen LogP contribution in [-0.2, 0) is 46.5 Å². The van der Waals surface area contributed by atoms with Crippen LogP contribution in [0, 0.1) is 5.92 Å². The average Bonchev–Trinajstić information content (AvgIpc) is 3.09. The number of carbonyl (C=O) groups excluding carboxylic acids is 7. The van der Waals surface area contributed by atoms with Gasteiger partial charge in [-0.15, -0.1) is 0 Å². The van der Waals surface area contributed by atoms with Gasteiger partial charge in [0.05, 0.1) is 6.54 Å². The normalized spacial score (nSPS) is 12.0. The van der Waals surface area contributed by atoms with Crippen molar-refractivity contribution in [2.45, 2.75) is 71.8 Å². The number of nitrogens with zero attached hydrogens (tertiary/aromatic N) is 1. The number of benzene rings is 2. The molecule has 290 valence electrons. The van der Waals surface area contributed by atoms with E-state index >= 15 is 0 Å². The van der Waals surface area contributed by atoms with Crippen molar-refractivity contribution in [1.29, 1.82) is 0 Å². The number of alkyl carbamates (subject to hydrolysis) is 1. The fraction of sp³-hybridized carbons (Fsp3) is 0.486. The molecule has 0 aliphatic rings. The lowest BCUT2D eigenvalue weighted by molar-refractivity contribution is -0.132. The molecule has 2 aromatic rings. The molecule has 0 radical (unpaired) electrons. The molecule has 2 rings (SSSR count). The van der Waals surface area contributed by atoms with Crippen LogP contribution in [0.4, 0.5) is 9.59 Å². The zero-order valence-electron chi connectivity index (χ0n) is 31.3. The minimum absolute atomic E-state index is 0.0200. The number of carbonyl (C=O) groups is 7. The summed E-state index contributed by atoms with van der Waals surface area (Å²) >= 11 is 0. The highest BCUT2D eigenvalue weighted by molar-refractivity contribution is 5.94. The highest BCUT2D eigenvalue weighted by atomic mass is 16.6. The van der Waals surface area contributed by atoms with E-state index in [0.717, 1.165) is 16.0 Å². The second-order valence-electron chi connectivity index (χ2n) is 13.7. The molecule has 16 nitrogen and oxygen atoms in total. The van der Waals surface area contributed by atoms with Crippen LogP contribution >= 0.6 is 0 Å². The third kappa shape index (κ3) is 18.9. The maximum absolute atomic E-state index is 13.5. The number of nitrogens with one attached hydrogen (secondary N) is 6. The summed E-state index contributed by atoms with van der Waals surface area (Å²) in [4.78, 5) is 89.4. The van der Waals surface area contributed by atoms with E-state index in [4.69, 9.17) is 9.47 Å². The first kappa shape index (κ1) is 43.5. The SMILES string of the molecule is CC(C)CC(NC(=O)C(Cc1ccccc1)NC(=O)CNC(=O)OC(C)(C)C)C(=O)NCC(=O)NCCNC(=O)CN(C)C(=O)OCc1ccccc1. The lowest BCUT2D eigenvalue weighted by atomic mass is 10.0. The second-order valence-corrected chi connectivity index (χ2v) is 13.7. The minimum atomic E-state index is -1.09. The van der Waals surface area contributed by atoms with Crippen LogP contribution in [-0.4, -0.2) is 104 Å². The zero-order valence-corrected chi connectivity index (χ0v) is 31.3. The molecule has 2 aromatic carbocycles. The Bertz CT molecular complexity index is 1520. The fourth-order valence-corrected chi connectivity index (χ4v) is 4.67. The molecule has 0 aromatic heterocycles. The predicted octanol–water partition coefficient (Wildman–Crippen LogP) is 1.39. The lowest BCUT2D eigenvalue weighted by Crippen LogP contribution is -2.56. The average molecular weight is 740 g/mol. The standard InChI is InChI=1S/C37H53N7O9/c1-25(2)19-28(43-34(49)29(20-26-13-9-7-10-14-26)42-31(46)22-41-35(50)53-37(3,4)5)33(48)40-21-30(45)38-17-18-39-32(47)23-44(6)36(51)52-24-27-15-11-8-12-16-27/h7-16,25,28-29H,17-24H2,1-6H3,(H,38,45)(H,39,47)(H,40,48)(H,41,50)(H,42,46)(H,43,49). The van der Waals surface area contributed by atoms with E-state index in [-0.39, 0.29) is 45.0 Å². The largest absolute Gasteiger partial charge is 0.445 e. The quantitative estimate of drug-likeness (QED) is 0.115. The minimum Gasteiger partial charge on any atom is -0.445 e. The third-order valence-corrected chi connectivity index (χ3v) is 7.16. The Morgan fingerprint density at radius 3 is 1.83 bits per heavy atom. The first-order chi connectivity index (χ1) is 25.0. The van der Waals surface area contributed by atoms with E-state index in [2.05, 4.69) is 31.9 Å². The van der Waals surface area contributed by atoms with E-state index < -0.39 is 72.5 Å². The summed E-state index contributed by atoms with van der Waals surface area (Å²) in [7, 11) is 1.43. The molecular formula is C37H53N7O9. The maximum atomic E-state index is 13.5. The van der Waals surface area contributed by atoms with Gasteiger partial charge in [0.25, 0.3) is 0 Å². The summed E-state index contributed by atoms with van der Waals surface area (Å²) in [6.07, 6.45) is -1.11. The Morgan fingerprint density at radius 1 is 0.679 bits per heavy atom. The van der Waals surface area contributed by atoms with Gasteiger partial charge < -0.3 is 46.3 Å². The van der Waals surface area contributed by atoms with E-state index in [1.54, 1.807) is 45.0 Å². The van der Waals surface area contributed by atoms with Crippen LogP contribution in [0.2, 0.25) is 0 Å². The van der Waals surface area contributed by atoms with Crippen molar-refractivity contribution in [2.24, 2.45) is 5.92 Å². The first-order valence-corrected chi connectivity index (χ1v) is 17.4. The Balaban J connectivity index is 1.85. The van der Waals surface area contributed by atoms with E-state index in [1.165, 1.54) is 7.05 Å². The van der Waals surface area contributed by atoms with Gasteiger partial charge in [-0.1, -0.05) is 74.5 Å². The van der Waals surface area contributed by atoms with Crippen molar-refractivity contribution in [3.63, 3.8) is 0 Å². The molecule has 2 atom stereocenters. The van der Waals surface area contributed by atoms with Crippen molar-refractivity contribution >= 4 is 41.7 Å².